The molecule has 0 heterocycles. The van der Waals surface area contributed by atoms with Crippen LogP contribution in [0.15, 0.2) is 33.6 Å². The van der Waals surface area contributed by atoms with Crippen molar-refractivity contribution in [2.75, 3.05) is 0 Å². The van der Waals surface area contributed by atoms with Crippen LogP contribution in [0.5, 0.6) is 0 Å². The molecule has 0 aliphatic rings. The van der Waals surface area contributed by atoms with Gasteiger partial charge in [0.1, 0.15) is 10.1 Å². The van der Waals surface area contributed by atoms with Crippen LogP contribution >= 0.6 is 15.9 Å². The zero-order chi connectivity index (χ0) is 8.48. The van der Waals surface area contributed by atoms with E-state index in [0.717, 1.165) is 0 Å². The van der Waals surface area contributed by atoms with Crippen molar-refractivity contribution >= 4 is 26.0 Å². The molecule has 0 aliphatic carbocycles. The molecular formula is C6H4BrHgO3S. The third kappa shape index (κ3) is 3.12. The molecule has 12 heavy (non-hydrogen) atoms. The quantitative estimate of drug-likeness (QED) is 0.493. The van der Waals surface area contributed by atoms with Crippen LogP contribution in [0.3, 0.4) is 0 Å². The molecule has 0 aliphatic heterocycles. The zero-order valence-electron chi connectivity index (χ0n) is 6.03. The van der Waals surface area contributed by atoms with Crippen LogP contribution in [0.4, 0.5) is 0 Å². The largest absolute Gasteiger partial charge is 1.00 e. The monoisotopic (exact) mass is 437 g/mol. The van der Waals surface area contributed by atoms with Crippen molar-refractivity contribution in [1.82, 2.24) is 0 Å². The van der Waals surface area contributed by atoms with Crippen molar-refractivity contribution in [3.05, 3.63) is 28.7 Å². The minimum absolute atomic E-state index is 0. The van der Waals surface area contributed by atoms with Gasteiger partial charge in [-0.15, -0.1) is 0 Å². The first-order valence-electron chi connectivity index (χ1n) is 2.72. The number of hydrogen-bond acceptors (Lipinski definition) is 3. The topological polar surface area (TPSA) is 57.2 Å². The summed E-state index contributed by atoms with van der Waals surface area (Å²) in [7, 11) is -4.33. The average Bonchev–Trinajstić information content (AvgIpc) is 1.86. The fourth-order valence-electron chi connectivity index (χ4n) is 0.647. The van der Waals surface area contributed by atoms with E-state index in [1.807, 2.05) is 0 Å². The minimum atomic E-state index is -4.33. The Balaban J connectivity index is 0.00000121. The Morgan fingerprint density at radius 2 is 1.75 bits per heavy atom. The predicted octanol–water partition coefficient (Wildman–Crippen LogP) is 1.35. The van der Waals surface area contributed by atoms with Gasteiger partial charge in [0.05, 0.1) is 4.90 Å². The van der Waals surface area contributed by atoms with Crippen LogP contribution in [0, 0.1) is 0 Å². The third-order valence-corrected chi connectivity index (χ3v) is 2.95. The van der Waals surface area contributed by atoms with E-state index < -0.39 is 10.1 Å². The first kappa shape index (κ1) is 12.5. The van der Waals surface area contributed by atoms with Gasteiger partial charge in [-0.3, -0.25) is 0 Å². The van der Waals surface area contributed by atoms with Crippen molar-refractivity contribution in [2.45, 2.75) is 4.90 Å². The smallest absolute Gasteiger partial charge is 0.744 e. The van der Waals surface area contributed by atoms with Gasteiger partial charge in [0.25, 0.3) is 0 Å². The molecule has 1 aromatic rings. The molecule has 0 N–H and O–H groups in total. The maximum atomic E-state index is 10.5. The Kier molecular flexibility index (Phi) is 4.90. The molecule has 0 aromatic heterocycles. The van der Waals surface area contributed by atoms with Gasteiger partial charge in [0, 0.05) is 4.47 Å². The second kappa shape index (κ2) is 4.69. The molecule has 0 bridgehead atoms. The Hall–Kier alpha value is 0.545. The van der Waals surface area contributed by atoms with Gasteiger partial charge < -0.3 is 4.55 Å². The molecule has 1 rings (SSSR count). The summed E-state index contributed by atoms with van der Waals surface area (Å²) in [5.74, 6) is 0. The van der Waals surface area contributed by atoms with Crippen LogP contribution in [-0.4, -0.2) is 13.0 Å². The molecule has 3 nitrogen and oxygen atoms in total. The Bertz CT molecular complexity index is 363. The van der Waals surface area contributed by atoms with Gasteiger partial charge in [-0.05, 0) is 28.1 Å². The van der Waals surface area contributed by atoms with Crippen LogP contribution in [-0.2, 0) is 37.8 Å². The summed E-state index contributed by atoms with van der Waals surface area (Å²) < 4.78 is 31.7. The summed E-state index contributed by atoms with van der Waals surface area (Å²) in [4.78, 5) is -0.222. The summed E-state index contributed by atoms with van der Waals surface area (Å²) in [6.07, 6.45) is 0. The second-order valence-corrected chi connectivity index (χ2v) is 4.09. The fourth-order valence-corrected chi connectivity index (χ4v) is 2.08. The van der Waals surface area contributed by atoms with Gasteiger partial charge in [0.15, 0.2) is 0 Å². The normalized spacial score (nSPS) is 10.5. The standard InChI is InChI=1S/C6H5BrO3S.Hg/c7-5-3-1-2-4-6(5)11(8,9)10;/h1-4H,(H,8,9,10);/q;+1/p-1. The Labute approximate surface area is 99.6 Å². The van der Waals surface area contributed by atoms with E-state index in [4.69, 9.17) is 0 Å². The number of halogens is 1. The second-order valence-electron chi connectivity index (χ2n) is 1.88. The van der Waals surface area contributed by atoms with Gasteiger partial charge in [0.2, 0.25) is 0 Å². The van der Waals surface area contributed by atoms with Crippen LogP contribution in [0.25, 0.3) is 0 Å². The van der Waals surface area contributed by atoms with E-state index in [1.165, 1.54) is 18.2 Å². The van der Waals surface area contributed by atoms with Gasteiger partial charge >= 0.3 is 27.7 Å². The van der Waals surface area contributed by atoms with E-state index in [9.17, 15) is 13.0 Å². The number of rotatable bonds is 1. The molecule has 1 radical (unpaired) electrons. The van der Waals surface area contributed by atoms with E-state index in [2.05, 4.69) is 15.9 Å². The van der Waals surface area contributed by atoms with Crippen molar-refractivity contribution in [1.29, 1.82) is 0 Å². The summed E-state index contributed by atoms with van der Waals surface area (Å²) >= 11 is 2.95. The zero-order valence-corrected chi connectivity index (χ0v) is 13.9. The van der Waals surface area contributed by atoms with E-state index in [-0.39, 0.29) is 32.6 Å². The van der Waals surface area contributed by atoms with Crippen LogP contribution in [0.2, 0.25) is 0 Å². The molecule has 0 atom stereocenters. The van der Waals surface area contributed by atoms with E-state index in [0.29, 0.717) is 4.47 Å². The number of benzene rings is 1. The molecule has 0 fully saturated rings. The van der Waals surface area contributed by atoms with Crippen molar-refractivity contribution in [3.63, 3.8) is 0 Å². The summed E-state index contributed by atoms with van der Waals surface area (Å²) in [5.41, 5.74) is 0. The maximum Gasteiger partial charge on any atom is 1.00 e. The van der Waals surface area contributed by atoms with E-state index >= 15 is 0 Å². The Morgan fingerprint density at radius 3 is 2.08 bits per heavy atom. The Morgan fingerprint density at radius 1 is 1.25 bits per heavy atom. The first-order chi connectivity index (χ1) is 5.02. The first-order valence-corrected chi connectivity index (χ1v) is 4.92. The molecule has 0 unspecified atom stereocenters. The van der Waals surface area contributed by atoms with Crippen LogP contribution in [0.1, 0.15) is 0 Å². The van der Waals surface area contributed by atoms with Gasteiger partial charge in [-0.25, -0.2) is 8.42 Å². The number of hydrogen-bond donors (Lipinski definition) is 0. The maximum absolute atomic E-state index is 10.5. The van der Waals surface area contributed by atoms with Crippen LogP contribution < -0.4 is 0 Å². The molecule has 6 heteroatoms. The fraction of sp³-hybridized carbons (Fsp3) is 0. The van der Waals surface area contributed by atoms with E-state index in [1.54, 1.807) is 6.07 Å². The predicted molar refractivity (Wildman–Crippen MR) is 42.1 cm³/mol. The molecule has 0 amide bonds. The molecule has 0 saturated heterocycles. The SMILES string of the molecule is O=S(=O)([O-])c1ccccc1Br.[Hg+]. The summed E-state index contributed by atoms with van der Waals surface area (Å²) in [6, 6.07) is 5.89. The van der Waals surface area contributed by atoms with Crippen molar-refractivity contribution < 1.29 is 40.6 Å². The summed E-state index contributed by atoms with van der Waals surface area (Å²) in [6.45, 7) is 0. The summed E-state index contributed by atoms with van der Waals surface area (Å²) in [5, 5.41) is 0. The molecular weight excluding hydrogens is 433 g/mol. The van der Waals surface area contributed by atoms with Gasteiger partial charge in [-0.1, -0.05) is 12.1 Å². The minimum Gasteiger partial charge on any atom is -0.744 e. The van der Waals surface area contributed by atoms with Crippen molar-refractivity contribution in [2.24, 2.45) is 0 Å². The molecule has 0 saturated carbocycles. The molecule has 1 aromatic carbocycles. The van der Waals surface area contributed by atoms with Crippen molar-refractivity contribution in [3.8, 4) is 0 Å². The molecule has 0 spiro atoms. The average molecular weight is 437 g/mol. The van der Waals surface area contributed by atoms with Gasteiger partial charge in [-0.2, -0.15) is 0 Å². The molecule has 61 valence electrons. The third-order valence-electron chi connectivity index (χ3n) is 1.11.